The number of carbonyl (C=O) groups is 1. The van der Waals surface area contributed by atoms with Crippen molar-refractivity contribution in [3.8, 4) is 5.69 Å². The third kappa shape index (κ3) is 3.00. The summed E-state index contributed by atoms with van der Waals surface area (Å²) in [5, 5.41) is 17.7. The van der Waals surface area contributed by atoms with E-state index in [4.69, 9.17) is 0 Å². The Morgan fingerprint density at radius 3 is 2.70 bits per heavy atom. The van der Waals surface area contributed by atoms with Crippen LogP contribution in [0.4, 0.5) is 0 Å². The van der Waals surface area contributed by atoms with Gasteiger partial charge in [0.25, 0.3) is 5.91 Å². The third-order valence-corrected chi connectivity index (χ3v) is 4.73. The summed E-state index contributed by atoms with van der Waals surface area (Å²) in [6.45, 7) is 5.40. The van der Waals surface area contributed by atoms with Gasteiger partial charge in [0, 0.05) is 5.39 Å². The number of nitrogens with zero attached hydrogens (tertiary/aromatic N) is 2. The summed E-state index contributed by atoms with van der Waals surface area (Å²) >= 11 is 1.41. The lowest BCUT2D eigenvalue weighted by molar-refractivity contribution is 0.0873. The van der Waals surface area contributed by atoms with E-state index >= 15 is 0 Å². The van der Waals surface area contributed by atoms with Crippen LogP contribution in [0.2, 0.25) is 0 Å². The minimum absolute atomic E-state index is 0.111. The molecule has 1 aromatic carbocycles. The van der Waals surface area contributed by atoms with Gasteiger partial charge in [-0.3, -0.25) is 4.79 Å². The van der Waals surface area contributed by atoms with E-state index in [0.29, 0.717) is 4.88 Å². The predicted molar refractivity (Wildman–Crippen MR) is 92.3 cm³/mol. The number of amides is 1. The van der Waals surface area contributed by atoms with Gasteiger partial charge in [0.1, 0.15) is 4.83 Å². The Balaban J connectivity index is 2.01. The normalized spacial score (nSPS) is 11.8. The molecule has 0 radical (unpaired) electrons. The lowest BCUT2D eigenvalue weighted by Crippen LogP contribution is -2.46. The van der Waals surface area contributed by atoms with Crippen molar-refractivity contribution in [2.75, 3.05) is 6.61 Å². The van der Waals surface area contributed by atoms with Crippen LogP contribution in [0.15, 0.2) is 36.4 Å². The standard InChI is InChI=1S/C17H19N3O2S/c1-11-13-9-14(15(22)18-17(2,3)10-21)23-16(13)20(19-11)12-7-5-4-6-8-12/h4-9,21H,10H2,1-3H3,(H,18,22). The number of aliphatic hydroxyl groups excluding tert-OH is 1. The summed E-state index contributed by atoms with van der Waals surface area (Å²) in [4.78, 5) is 14.0. The lowest BCUT2D eigenvalue weighted by Gasteiger charge is -2.22. The Labute approximate surface area is 138 Å². The van der Waals surface area contributed by atoms with Gasteiger partial charge in [-0.05, 0) is 39.0 Å². The Morgan fingerprint density at radius 2 is 2.04 bits per heavy atom. The second-order valence-electron chi connectivity index (χ2n) is 6.16. The molecule has 3 rings (SSSR count). The van der Waals surface area contributed by atoms with Crippen molar-refractivity contribution in [3.05, 3.63) is 47.0 Å². The zero-order chi connectivity index (χ0) is 16.6. The molecular weight excluding hydrogens is 310 g/mol. The number of benzene rings is 1. The van der Waals surface area contributed by atoms with Gasteiger partial charge in [-0.2, -0.15) is 5.10 Å². The first-order valence-corrected chi connectivity index (χ1v) is 8.21. The fourth-order valence-corrected chi connectivity index (χ4v) is 3.39. The van der Waals surface area contributed by atoms with Crippen molar-refractivity contribution in [3.63, 3.8) is 0 Å². The van der Waals surface area contributed by atoms with E-state index in [1.165, 1.54) is 11.3 Å². The van der Waals surface area contributed by atoms with Gasteiger partial charge in [0.2, 0.25) is 0 Å². The van der Waals surface area contributed by atoms with Crippen LogP contribution in [0, 0.1) is 6.92 Å². The van der Waals surface area contributed by atoms with Crippen molar-refractivity contribution < 1.29 is 9.90 Å². The van der Waals surface area contributed by atoms with Gasteiger partial charge in [-0.25, -0.2) is 4.68 Å². The van der Waals surface area contributed by atoms with Gasteiger partial charge in [0.15, 0.2) is 0 Å². The third-order valence-electron chi connectivity index (χ3n) is 3.62. The van der Waals surface area contributed by atoms with E-state index in [9.17, 15) is 9.90 Å². The van der Waals surface area contributed by atoms with Gasteiger partial charge in [-0.15, -0.1) is 11.3 Å². The summed E-state index contributed by atoms with van der Waals surface area (Å²) in [5.74, 6) is -0.177. The van der Waals surface area contributed by atoms with Crippen molar-refractivity contribution in [1.82, 2.24) is 15.1 Å². The van der Waals surface area contributed by atoms with Gasteiger partial charge >= 0.3 is 0 Å². The Morgan fingerprint density at radius 1 is 1.35 bits per heavy atom. The first-order chi connectivity index (χ1) is 10.9. The topological polar surface area (TPSA) is 67.2 Å². The van der Waals surface area contributed by atoms with E-state index in [1.807, 2.05) is 48.0 Å². The van der Waals surface area contributed by atoms with Crippen molar-refractivity contribution in [1.29, 1.82) is 0 Å². The Kier molecular flexibility index (Phi) is 3.95. The molecule has 0 aliphatic heterocycles. The average Bonchev–Trinajstić information content (AvgIpc) is 3.09. The van der Waals surface area contributed by atoms with Crippen LogP contribution in [-0.4, -0.2) is 32.9 Å². The Hall–Kier alpha value is -2.18. The van der Waals surface area contributed by atoms with E-state index < -0.39 is 5.54 Å². The van der Waals surface area contributed by atoms with Crippen LogP contribution in [0.25, 0.3) is 15.9 Å². The van der Waals surface area contributed by atoms with Crippen LogP contribution in [0.3, 0.4) is 0 Å². The van der Waals surface area contributed by atoms with E-state index in [2.05, 4.69) is 10.4 Å². The van der Waals surface area contributed by atoms with Crippen LogP contribution in [-0.2, 0) is 0 Å². The zero-order valence-electron chi connectivity index (χ0n) is 13.3. The number of para-hydroxylation sites is 1. The van der Waals surface area contributed by atoms with E-state index in [0.717, 1.165) is 21.6 Å². The molecule has 1 amide bonds. The van der Waals surface area contributed by atoms with Crippen LogP contribution < -0.4 is 5.32 Å². The molecule has 0 saturated heterocycles. The van der Waals surface area contributed by atoms with E-state index in [-0.39, 0.29) is 12.5 Å². The number of aryl methyl sites for hydroxylation is 1. The first-order valence-electron chi connectivity index (χ1n) is 7.39. The predicted octanol–water partition coefficient (Wildman–Crippen LogP) is 2.90. The second-order valence-corrected chi connectivity index (χ2v) is 7.19. The molecule has 2 aromatic heterocycles. The van der Waals surface area contributed by atoms with Crippen LogP contribution in [0.5, 0.6) is 0 Å². The van der Waals surface area contributed by atoms with Gasteiger partial charge in [0.05, 0.1) is 28.4 Å². The van der Waals surface area contributed by atoms with Crippen molar-refractivity contribution >= 4 is 27.5 Å². The maximum Gasteiger partial charge on any atom is 0.261 e. The summed E-state index contributed by atoms with van der Waals surface area (Å²) in [6, 6.07) is 11.7. The lowest BCUT2D eigenvalue weighted by atomic mass is 10.1. The number of hydrogen-bond acceptors (Lipinski definition) is 4. The largest absolute Gasteiger partial charge is 0.394 e. The van der Waals surface area contributed by atoms with Gasteiger partial charge in [-0.1, -0.05) is 18.2 Å². The van der Waals surface area contributed by atoms with Crippen molar-refractivity contribution in [2.45, 2.75) is 26.3 Å². The van der Waals surface area contributed by atoms with Crippen LogP contribution >= 0.6 is 11.3 Å². The van der Waals surface area contributed by atoms with Gasteiger partial charge < -0.3 is 10.4 Å². The highest BCUT2D eigenvalue weighted by atomic mass is 32.1. The highest BCUT2D eigenvalue weighted by molar-refractivity contribution is 7.20. The summed E-state index contributed by atoms with van der Waals surface area (Å²) in [6.07, 6.45) is 0. The number of carbonyl (C=O) groups excluding carboxylic acids is 1. The number of rotatable bonds is 4. The molecule has 0 saturated carbocycles. The zero-order valence-corrected chi connectivity index (χ0v) is 14.1. The number of fused-ring (bicyclic) bond motifs is 1. The Bertz CT molecular complexity index is 849. The SMILES string of the molecule is Cc1nn(-c2ccccc2)c2sc(C(=O)NC(C)(C)CO)cc12. The number of hydrogen-bond donors (Lipinski definition) is 2. The smallest absolute Gasteiger partial charge is 0.261 e. The number of aromatic nitrogens is 2. The highest BCUT2D eigenvalue weighted by Gasteiger charge is 2.23. The molecular formula is C17H19N3O2S. The number of thiophene rings is 1. The highest BCUT2D eigenvalue weighted by Crippen LogP contribution is 2.30. The van der Waals surface area contributed by atoms with E-state index in [1.54, 1.807) is 13.8 Å². The second kappa shape index (κ2) is 5.79. The molecule has 6 heteroatoms. The fourth-order valence-electron chi connectivity index (χ4n) is 2.31. The molecule has 3 aromatic rings. The molecule has 0 unspecified atom stereocenters. The first kappa shape index (κ1) is 15.7. The molecule has 0 spiro atoms. The number of nitrogens with one attached hydrogen (secondary N) is 1. The molecule has 2 heterocycles. The fraction of sp³-hybridized carbons (Fsp3) is 0.294. The maximum absolute atomic E-state index is 12.4. The molecule has 23 heavy (non-hydrogen) atoms. The average molecular weight is 329 g/mol. The minimum Gasteiger partial charge on any atom is -0.394 e. The molecule has 120 valence electrons. The molecule has 0 bridgehead atoms. The molecule has 0 fully saturated rings. The summed E-state index contributed by atoms with van der Waals surface area (Å²) < 4.78 is 1.86. The van der Waals surface area contributed by atoms with Crippen LogP contribution in [0.1, 0.15) is 29.2 Å². The molecule has 5 nitrogen and oxygen atoms in total. The van der Waals surface area contributed by atoms with Crippen molar-refractivity contribution in [2.24, 2.45) is 0 Å². The monoisotopic (exact) mass is 329 g/mol. The summed E-state index contributed by atoms with van der Waals surface area (Å²) in [5.41, 5.74) is 1.21. The molecule has 0 atom stereocenters. The molecule has 0 aliphatic rings. The minimum atomic E-state index is -0.645. The maximum atomic E-state index is 12.4. The molecule has 0 aliphatic carbocycles. The number of aliphatic hydroxyl groups is 1. The molecule has 2 N–H and O–H groups in total. The summed E-state index contributed by atoms with van der Waals surface area (Å²) in [7, 11) is 0. The quantitative estimate of drug-likeness (QED) is 0.773.